The first-order chi connectivity index (χ1) is 18.5. The van der Waals surface area contributed by atoms with Crippen molar-refractivity contribution in [3.05, 3.63) is 60.9 Å². The fraction of sp³-hybridized carbons (Fsp3) is 0.481. The highest BCUT2D eigenvalue weighted by molar-refractivity contribution is 7.19. The zero-order valence-corrected chi connectivity index (χ0v) is 23.0. The standard InChI is InChI=1S/C27H30FN3O7S/c1-5-37-19-7-6-16(28)12-18(19)20(38-17-8-10-36-11-9-17)14-30-24-22(15(2)21(13-29)39-24)23(32)31(26(30)35)27(3,4)25(33)34/h6-7,12,17,20H,5,8-11,14H2,1-4H3,(H,33,34)/t20-/m0/s1. The number of aryl methyl sites for hydroxylation is 1. The SMILES string of the molecule is CCOc1ccc(F)cc1[C@H](Cn1c(=O)n(C(C)(C)C(=O)O)c(=O)c2c(C)c(C#N)sc21)OC1CCOCC1. The van der Waals surface area contributed by atoms with Crippen molar-refractivity contribution in [2.24, 2.45) is 0 Å². The number of aromatic nitrogens is 2. The van der Waals surface area contributed by atoms with Gasteiger partial charge in [0.2, 0.25) is 0 Å². The Labute approximate surface area is 227 Å². The largest absolute Gasteiger partial charge is 0.493 e. The van der Waals surface area contributed by atoms with Crippen LogP contribution in [0.5, 0.6) is 5.75 Å². The van der Waals surface area contributed by atoms with Crippen LogP contribution in [0.4, 0.5) is 4.39 Å². The Morgan fingerprint density at radius 2 is 2.03 bits per heavy atom. The first-order valence-electron chi connectivity index (χ1n) is 12.6. The second-order valence-electron chi connectivity index (χ2n) is 9.80. The van der Waals surface area contributed by atoms with Crippen molar-refractivity contribution < 1.29 is 28.5 Å². The maximum Gasteiger partial charge on any atom is 0.333 e. The number of halogens is 1. The second kappa shape index (κ2) is 11.3. The normalized spacial score (nSPS) is 15.3. The predicted octanol–water partition coefficient (Wildman–Crippen LogP) is 3.70. The Kier molecular flexibility index (Phi) is 8.25. The van der Waals surface area contributed by atoms with Gasteiger partial charge in [-0.15, -0.1) is 11.3 Å². The molecule has 4 rings (SSSR count). The van der Waals surface area contributed by atoms with E-state index in [1.54, 1.807) is 13.8 Å². The van der Waals surface area contributed by atoms with Gasteiger partial charge in [0.25, 0.3) is 5.56 Å². The van der Waals surface area contributed by atoms with Crippen molar-refractivity contribution in [2.45, 2.75) is 64.8 Å². The molecule has 1 fully saturated rings. The van der Waals surface area contributed by atoms with Gasteiger partial charge in [0.1, 0.15) is 39.0 Å². The number of nitriles is 1. The maximum absolute atomic E-state index is 14.5. The Morgan fingerprint density at radius 3 is 2.64 bits per heavy atom. The lowest BCUT2D eigenvalue weighted by Crippen LogP contribution is -2.52. The van der Waals surface area contributed by atoms with Crippen molar-refractivity contribution in [1.82, 2.24) is 9.13 Å². The summed E-state index contributed by atoms with van der Waals surface area (Å²) >= 11 is 0.968. The average Bonchev–Trinajstić information content (AvgIpc) is 3.23. The van der Waals surface area contributed by atoms with Gasteiger partial charge >= 0.3 is 11.7 Å². The fourth-order valence-electron chi connectivity index (χ4n) is 4.69. The van der Waals surface area contributed by atoms with Crippen molar-refractivity contribution in [3.63, 3.8) is 0 Å². The van der Waals surface area contributed by atoms with E-state index in [0.717, 1.165) is 11.3 Å². The van der Waals surface area contributed by atoms with Crippen LogP contribution in [0.1, 0.15) is 55.7 Å². The number of ether oxygens (including phenoxy) is 3. The van der Waals surface area contributed by atoms with E-state index in [1.165, 1.54) is 36.6 Å². The maximum atomic E-state index is 14.5. The van der Waals surface area contributed by atoms with Gasteiger partial charge < -0.3 is 19.3 Å². The molecule has 0 amide bonds. The molecule has 208 valence electrons. The molecular weight excluding hydrogens is 529 g/mol. The van der Waals surface area contributed by atoms with Crippen molar-refractivity contribution in [3.8, 4) is 11.8 Å². The molecule has 1 saturated heterocycles. The Hall–Kier alpha value is -3.53. The molecule has 1 aromatic carbocycles. The predicted molar refractivity (Wildman–Crippen MR) is 142 cm³/mol. The molecule has 0 saturated carbocycles. The summed E-state index contributed by atoms with van der Waals surface area (Å²) in [5, 5.41) is 19.6. The van der Waals surface area contributed by atoms with Gasteiger partial charge in [-0.05, 0) is 64.3 Å². The summed E-state index contributed by atoms with van der Waals surface area (Å²) in [5.41, 5.74) is -2.84. The van der Waals surface area contributed by atoms with Gasteiger partial charge in [-0.3, -0.25) is 9.36 Å². The average molecular weight is 560 g/mol. The molecule has 3 aromatic rings. The molecule has 1 aliphatic heterocycles. The van der Waals surface area contributed by atoms with E-state index in [9.17, 15) is 29.1 Å². The third-order valence-corrected chi connectivity index (χ3v) is 8.11. The lowest BCUT2D eigenvalue weighted by atomic mass is 10.0. The van der Waals surface area contributed by atoms with E-state index in [1.807, 2.05) is 6.07 Å². The first kappa shape index (κ1) is 28.5. The van der Waals surface area contributed by atoms with Crippen molar-refractivity contribution >= 4 is 27.5 Å². The number of thiophene rings is 1. The minimum Gasteiger partial charge on any atom is -0.493 e. The van der Waals surface area contributed by atoms with Crippen LogP contribution < -0.4 is 16.0 Å². The van der Waals surface area contributed by atoms with Crippen LogP contribution in [-0.2, 0) is 26.4 Å². The summed E-state index contributed by atoms with van der Waals surface area (Å²) < 4.78 is 34.1. The van der Waals surface area contributed by atoms with Gasteiger partial charge in [-0.2, -0.15) is 5.26 Å². The third-order valence-electron chi connectivity index (χ3n) is 6.89. The number of hydrogen-bond donors (Lipinski definition) is 1. The van der Waals surface area contributed by atoms with Gasteiger partial charge in [-0.25, -0.2) is 18.5 Å². The number of carboxylic acids is 1. The van der Waals surface area contributed by atoms with E-state index < -0.39 is 34.7 Å². The Bertz CT molecular complexity index is 1560. The molecule has 1 aliphatic rings. The van der Waals surface area contributed by atoms with Crippen molar-refractivity contribution in [1.29, 1.82) is 5.26 Å². The summed E-state index contributed by atoms with van der Waals surface area (Å²) in [5.74, 6) is -1.53. The minimum atomic E-state index is -1.89. The van der Waals surface area contributed by atoms with Gasteiger partial charge in [0, 0.05) is 18.8 Å². The molecule has 10 nitrogen and oxygen atoms in total. The molecule has 0 spiro atoms. The number of benzene rings is 1. The number of aliphatic carboxylic acids is 1. The summed E-state index contributed by atoms with van der Waals surface area (Å²) in [7, 11) is 0. The monoisotopic (exact) mass is 559 g/mol. The van der Waals surface area contributed by atoms with Crippen molar-refractivity contribution in [2.75, 3.05) is 19.8 Å². The molecule has 3 heterocycles. The summed E-state index contributed by atoms with van der Waals surface area (Å²) in [6.07, 6.45) is 0.0110. The van der Waals surface area contributed by atoms with Crippen LogP contribution in [0, 0.1) is 24.1 Å². The number of hydrogen-bond acceptors (Lipinski definition) is 8. The van der Waals surface area contributed by atoms with E-state index in [4.69, 9.17) is 14.2 Å². The second-order valence-corrected chi connectivity index (χ2v) is 10.8. The first-order valence-corrected chi connectivity index (χ1v) is 13.4. The molecule has 1 atom stereocenters. The number of nitrogens with zero attached hydrogens (tertiary/aromatic N) is 3. The number of fused-ring (bicyclic) bond motifs is 1. The quantitative estimate of drug-likeness (QED) is 0.420. The highest BCUT2D eigenvalue weighted by atomic mass is 32.1. The van der Waals surface area contributed by atoms with Crippen LogP contribution in [-0.4, -0.2) is 46.1 Å². The summed E-state index contributed by atoms with van der Waals surface area (Å²) in [6, 6.07) is 6.09. The molecule has 12 heteroatoms. The van der Waals surface area contributed by atoms with Gasteiger partial charge in [0.15, 0.2) is 0 Å². The highest BCUT2D eigenvalue weighted by Crippen LogP contribution is 2.35. The molecule has 0 aliphatic carbocycles. The third kappa shape index (κ3) is 5.34. The molecule has 1 N–H and O–H groups in total. The number of carbonyl (C=O) groups is 1. The molecule has 0 radical (unpaired) electrons. The van der Waals surface area contributed by atoms with E-state index >= 15 is 0 Å². The lowest BCUT2D eigenvalue weighted by Gasteiger charge is -2.30. The van der Waals surface area contributed by atoms with Crippen LogP contribution in [0.15, 0.2) is 27.8 Å². The molecular formula is C27H30FN3O7S. The van der Waals surface area contributed by atoms with E-state index in [-0.39, 0.29) is 27.7 Å². The van der Waals surface area contributed by atoms with E-state index in [2.05, 4.69) is 0 Å². The molecule has 39 heavy (non-hydrogen) atoms. The Morgan fingerprint density at radius 1 is 1.33 bits per heavy atom. The smallest absolute Gasteiger partial charge is 0.333 e. The summed E-state index contributed by atoms with van der Waals surface area (Å²) in [4.78, 5) is 40.0. The molecule has 2 aromatic heterocycles. The highest BCUT2D eigenvalue weighted by Gasteiger charge is 2.36. The molecule has 0 bridgehead atoms. The number of rotatable bonds is 9. The zero-order valence-electron chi connectivity index (χ0n) is 22.2. The Balaban J connectivity index is 1.99. The van der Waals surface area contributed by atoms with Gasteiger partial charge in [0.05, 0.1) is 24.6 Å². The van der Waals surface area contributed by atoms with Crippen LogP contribution in [0.25, 0.3) is 10.2 Å². The number of carboxylic acid groups (broad SMARTS) is 1. The van der Waals surface area contributed by atoms with E-state index in [0.29, 0.717) is 54.1 Å². The minimum absolute atomic E-state index is 0.0829. The van der Waals surface area contributed by atoms with Crippen LogP contribution in [0.3, 0.4) is 0 Å². The van der Waals surface area contributed by atoms with Crippen LogP contribution in [0.2, 0.25) is 0 Å². The lowest BCUT2D eigenvalue weighted by molar-refractivity contribution is -0.146. The zero-order chi connectivity index (χ0) is 28.5. The van der Waals surface area contributed by atoms with Gasteiger partial charge in [-0.1, -0.05) is 0 Å². The van der Waals surface area contributed by atoms with Crippen LogP contribution >= 0.6 is 11.3 Å². The topological polar surface area (TPSA) is 133 Å². The molecule has 0 unspecified atom stereocenters. The summed E-state index contributed by atoms with van der Waals surface area (Å²) in [6.45, 7) is 6.98. The fourth-order valence-corrected chi connectivity index (χ4v) is 5.78.